The highest BCUT2D eigenvalue weighted by Gasteiger charge is 2.42. The molecule has 1 aliphatic carbocycles. The average Bonchev–Trinajstić information content (AvgIpc) is 3.12. The highest BCUT2D eigenvalue weighted by molar-refractivity contribution is 7.12. The Labute approximate surface area is 177 Å². The minimum atomic E-state index is -4.13. The maximum atomic E-state index is 12.6. The molecule has 4 rings (SSSR count). The second-order valence-electron chi connectivity index (χ2n) is 8.26. The molecule has 0 radical (unpaired) electrons. The summed E-state index contributed by atoms with van der Waals surface area (Å²) >= 11 is 1.65. The minimum Gasteiger partial charge on any atom is -0.319 e. The lowest BCUT2D eigenvalue weighted by atomic mass is 10.0. The molecule has 2 atom stereocenters. The fourth-order valence-corrected chi connectivity index (χ4v) is 5.31. The number of rotatable bonds is 6. The minimum absolute atomic E-state index is 0.134. The van der Waals surface area contributed by atoms with Gasteiger partial charge in [0.2, 0.25) is 0 Å². The third-order valence-corrected chi connectivity index (χ3v) is 6.92. The summed E-state index contributed by atoms with van der Waals surface area (Å²) in [5.74, 6) is 0.243. The lowest BCUT2D eigenvalue weighted by Crippen LogP contribution is -2.46. The van der Waals surface area contributed by atoms with Crippen LogP contribution in [0.2, 0.25) is 0 Å². The van der Waals surface area contributed by atoms with Crippen LogP contribution < -0.4 is 10.6 Å². The van der Waals surface area contributed by atoms with Gasteiger partial charge in [0, 0.05) is 41.0 Å². The molecule has 30 heavy (non-hydrogen) atoms. The molecule has 2 aromatic heterocycles. The second-order valence-corrected chi connectivity index (χ2v) is 9.54. The summed E-state index contributed by atoms with van der Waals surface area (Å²) in [7, 11) is 1.80. The lowest BCUT2D eigenvalue weighted by Gasteiger charge is -2.33. The maximum Gasteiger partial charge on any atom is 0.401 e. The van der Waals surface area contributed by atoms with Crippen LogP contribution in [0.3, 0.4) is 0 Å². The Morgan fingerprint density at radius 2 is 2.07 bits per heavy atom. The number of thiophene rings is 1. The summed E-state index contributed by atoms with van der Waals surface area (Å²) in [4.78, 5) is 16.2. The number of alkyl halides is 3. The molecule has 2 unspecified atom stereocenters. The van der Waals surface area contributed by atoms with Crippen LogP contribution in [0.5, 0.6) is 0 Å². The fourth-order valence-electron chi connectivity index (χ4n) is 4.11. The van der Waals surface area contributed by atoms with Gasteiger partial charge in [-0.2, -0.15) is 18.3 Å². The van der Waals surface area contributed by atoms with E-state index in [2.05, 4.69) is 15.7 Å². The molecule has 0 spiro atoms. The Bertz CT molecular complexity index is 901. The number of anilines is 1. The van der Waals surface area contributed by atoms with E-state index in [0.29, 0.717) is 36.3 Å². The maximum absolute atomic E-state index is 12.6. The monoisotopic (exact) mass is 441 g/mol. The van der Waals surface area contributed by atoms with Crippen molar-refractivity contribution >= 4 is 22.9 Å². The standard InChI is InChI=1S/C20H26F3N5OS/c1-12-15(19(29)26-14-9-24-27(2)10-14)8-18(30-12)16-7-17(16)25-13-3-5-28(6-4-13)11-20(21,22)23/h8-10,13,16-17,25H,3-7,11H2,1-2H3,(H,26,29). The molecule has 1 saturated carbocycles. The van der Waals surface area contributed by atoms with Crippen molar-refractivity contribution in [3.63, 3.8) is 0 Å². The van der Waals surface area contributed by atoms with Crippen LogP contribution in [0, 0.1) is 6.92 Å². The molecule has 3 heterocycles. The summed E-state index contributed by atoms with van der Waals surface area (Å²) in [6.45, 7) is 2.09. The van der Waals surface area contributed by atoms with Crippen molar-refractivity contribution in [3.8, 4) is 0 Å². The Morgan fingerprint density at radius 3 is 2.70 bits per heavy atom. The van der Waals surface area contributed by atoms with Gasteiger partial charge in [-0.1, -0.05) is 0 Å². The van der Waals surface area contributed by atoms with Crippen LogP contribution in [0.25, 0.3) is 0 Å². The van der Waals surface area contributed by atoms with Crippen molar-refractivity contribution < 1.29 is 18.0 Å². The van der Waals surface area contributed by atoms with Crippen LogP contribution >= 0.6 is 11.3 Å². The molecule has 10 heteroatoms. The van der Waals surface area contributed by atoms with E-state index in [0.717, 1.165) is 24.1 Å². The van der Waals surface area contributed by atoms with Gasteiger partial charge in [0.1, 0.15) is 0 Å². The Kier molecular flexibility index (Phi) is 5.91. The molecule has 0 bridgehead atoms. The summed E-state index contributed by atoms with van der Waals surface area (Å²) in [5, 5.41) is 10.5. The van der Waals surface area contributed by atoms with Crippen LogP contribution in [-0.4, -0.2) is 58.5 Å². The van der Waals surface area contributed by atoms with E-state index in [1.54, 1.807) is 35.5 Å². The zero-order valence-electron chi connectivity index (χ0n) is 17.0. The number of carbonyl (C=O) groups excluding carboxylic acids is 1. The fraction of sp³-hybridized carbons (Fsp3) is 0.600. The topological polar surface area (TPSA) is 62.2 Å². The largest absolute Gasteiger partial charge is 0.401 e. The molecule has 164 valence electrons. The Hall–Kier alpha value is -1.91. The first-order valence-corrected chi connectivity index (χ1v) is 10.9. The number of amides is 1. The molecule has 2 N–H and O–H groups in total. The van der Waals surface area contributed by atoms with Crippen molar-refractivity contribution in [1.82, 2.24) is 20.0 Å². The van der Waals surface area contributed by atoms with Crippen LogP contribution in [-0.2, 0) is 7.05 Å². The molecular weight excluding hydrogens is 415 g/mol. The highest BCUT2D eigenvalue weighted by atomic mass is 32.1. The van der Waals surface area contributed by atoms with Gasteiger partial charge in [0.25, 0.3) is 5.91 Å². The Balaban J connectivity index is 1.28. The second kappa shape index (κ2) is 8.32. The van der Waals surface area contributed by atoms with Crippen LogP contribution in [0.4, 0.5) is 18.9 Å². The lowest BCUT2D eigenvalue weighted by molar-refractivity contribution is -0.148. The number of piperidine rings is 1. The number of nitrogens with one attached hydrogen (secondary N) is 2. The van der Waals surface area contributed by atoms with Crippen molar-refractivity contribution in [2.45, 2.75) is 50.4 Å². The molecule has 1 amide bonds. The molecule has 6 nitrogen and oxygen atoms in total. The number of aromatic nitrogens is 2. The molecule has 2 aromatic rings. The van der Waals surface area contributed by atoms with Crippen molar-refractivity contribution in [1.29, 1.82) is 0 Å². The van der Waals surface area contributed by atoms with Crippen molar-refractivity contribution in [2.24, 2.45) is 7.05 Å². The third kappa shape index (κ3) is 5.22. The van der Waals surface area contributed by atoms with E-state index < -0.39 is 12.7 Å². The SMILES string of the molecule is Cc1sc(C2CC2NC2CCN(CC(F)(F)F)CC2)cc1C(=O)Nc1cnn(C)c1. The van der Waals surface area contributed by atoms with Crippen LogP contribution in [0.15, 0.2) is 18.5 Å². The van der Waals surface area contributed by atoms with Gasteiger partial charge in [-0.25, -0.2) is 0 Å². The molecule has 2 aliphatic rings. The van der Waals surface area contributed by atoms with Gasteiger partial charge < -0.3 is 10.6 Å². The van der Waals surface area contributed by atoms with Crippen molar-refractivity contribution in [3.05, 3.63) is 33.8 Å². The average molecular weight is 442 g/mol. The van der Waals surface area contributed by atoms with Crippen molar-refractivity contribution in [2.75, 3.05) is 25.0 Å². The predicted octanol–water partition coefficient (Wildman–Crippen LogP) is 3.51. The first-order chi connectivity index (χ1) is 14.2. The molecule has 1 saturated heterocycles. The van der Waals surface area contributed by atoms with Gasteiger partial charge >= 0.3 is 6.18 Å². The number of aryl methyl sites for hydroxylation is 2. The summed E-state index contributed by atoms with van der Waals surface area (Å²) in [5.41, 5.74) is 1.35. The van der Waals surface area contributed by atoms with E-state index in [1.165, 1.54) is 9.78 Å². The van der Waals surface area contributed by atoms with Gasteiger partial charge in [-0.3, -0.25) is 14.4 Å². The van der Waals surface area contributed by atoms with Gasteiger partial charge in [-0.05, 0) is 45.3 Å². The summed E-state index contributed by atoms with van der Waals surface area (Å²) in [6.07, 6.45) is 1.72. The number of carbonyl (C=O) groups is 1. The number of likely N-dealkylation sites (tertiary alicyclic amines) is 1. The smallest absolute Gasteiger partial charge is 0.319 e. The van der Waals surface area contributed by atoms with E-state index in [1.807, 2.05) is 13.0 Å². The number of hydrogen-bond donors (Lipinski definition) is 2. The predicted molar refractivity (Wildman–Crippen MR) is 110 cm³/mol. The number of nitrogens with zero attached hydrogens (tertiary/aromatic N) is 3. The number of halogens is 3. The van der Waals surface area contributed by atoms with E-state index in [4.69, 9.17) is 0 Å². The zero-order valence-corrected chi connectivity index (χ0v) is 17.8. The zero-order chi connectivity index (χ0) is 21.5. The van der Waals surface area contributed by atoms with E-state index in [9.17, 15) is 18.0 Å². The molecular formula is C20H26F3N5OS. The molecule has 0 aromatic carbocycles. The van der Waals surface area contributed by atoms with Crippen LogP contribution in [0.1, 0.15) is 45.3 Å². The van der Waals surface area contributed by atoms with Gasteiger partial charge in [0.15, 0.2) is 0 Å². The third-order valence-electron chi connectivity index (χ3n) is 5.74. The number of hydrogen-bond acceptors (Lipinski definition) is 5. The summed E-state index contributed by atoms with van der Waals surface area (Å²) in [6, 6.07) is 2.58. The quantitative estimate of drug-likeness (QED) is 0.720. The van der Waals surface area contributed by atoms with Gasteiger partial charge in [-0.15, -0.1) is 11.3 Å². The van der Waals surface area contributed by atoms with E-state index in [-0.39, 0.29) is 11.9 Å². The summed E-state index contributed by atoms with van der Waals surface area (Å²) < 4.78 is 39.2. The highest BCUT2D eigenvalue weighted by Crippen LogP contribution is 2.45. The first-order valence-electron chi connectivity index (χ1n) is 10.1. The molecule has 1 aliphatic heterocycles. The van der Waals surface area contributed by atoms with E-state index >= 15 is 0 Å². The normalized spacial score (nSPS) is 23.0. The molecule has 2 fully saturated rings. The Morgan fingerprint density at radius 1 is 1.33 bits per heavy atom. The first kappa shape index (κ1) is 21.3. The van der Waals surface area contributed by atoms with Gasteiger partial charge in [0.05, 0.1) is 24.0 Å².